The molecule has 6 aromatic rings. The molecule has 61 heavy (non-hydrogen) atoms. The van der Waals surface area contributed by atoms with Gasteiger partial charge in [-0.1, -0.05) is 30.3 Å². The molecule has 0 radical (unpaired) electrons. The summed E-state index contributed by atoms with van der Waals surface area (Å²) in [4.78, 5) is 34.7. The highest BCUT2D eigenvalue weighted by Gasteiger charge is 2.46. The Morgan fingerprint density at radius 2 is 1.56 bits per heavy atom. The highest BCUT2D eigenvalue weighted by Crippen LogP contribution is 2.38. The highest BCUT2D eigenvalue weighted by atomic mass is 19.1. The van der Waals surface area contributed by atoms with Crippen LogP contribution in [0.5, 0.6) is 5.75 Å². The largest absolute Gasteiger partial charge is 0.491 e. The van der Waals surface area contributed by atoms with Gasteiger partial charge in [-0.25, -0.2) is 32.5 Å². The van der Waals surface area contributed by atoms with Gasteiger partial charge in [-0.05, 0) is 86.5 Å². The summed E-state index contributed by atoms with van der Waals surface area (Å²) < 4.78 is 56.9. The van der Waals surface area contributed by atoms with E-state index in [0.29, 0.717) is 17.9 Å². The summed E-state index contributed by atoms with van der Waals surface area (Å²) in [7, 11) is 0. The number of halogens is 2. The number of benzene rings is 4. The Hall–Kier alpha value is -6.43. The number of carbonyl (C=O) groups excluding carboxylic acids is 1. The molecule has 2 aromatic heterocycles. The van der Waals surface area contributed by atoms with Crippen LogP contribution in [0.4, 0.5) is 20.2 Å². The monoisotopic (exact) mass is 835 g/mol. The second-order valence-corrected chi connectivity index (χ2v) is 15.2. The van der Waals surface area contributed by atoms with Crippen molar-refractivity contribution in [3.05, 3.63) is 149 Å². The van der Waals surface area contributed by atoms with Crippen molar-refractivity contribution in [2.45, 2.75) is 56.9 Å². The molecule has 15 nitrogen and oxygen atoms in total. The summed E-state index contributed by atoms with van der Waals surface area (Å²) in [5.74, 6) is -2.91. The zero-order valence-electron chi connectivity index (χ0n) is 33.8. The Labute approximate surface area is 350 Å². The fraction of sp³-hybridized carbons (Fsp3) is 0.341. The molecule has 2 N–H and O–H groups in total. The molecule has 0 spiro atoms. The van der Waals surface area contributed by atoms with Crippen LogP contribution in [0.3, 0.4) is 0 Å². The quantitative estimate of drug-likeness (QED) is 0.143. The lowest BCUT2D eigenvalue weighted by Crippen LogP contribution is -2.46. The first-order chi connectivity index (χ1) is 29.5. The zero-order valence-corrected chi connectivity index (χ0v) is 33.8. The molecule has 2 fully saturated rings. The number of carbonyl (C=O) groups is 1. The standard InChI is InChI=1S/C44H47F2N9O6/c1-30(31(2)60-42(56)41(47)22-32-6-4-3-5-7-32)55-43(57)54(29-50-55)36-11-9-34(10-12-36)51-18-20-52(21-19-51)35-13-15-37(16-14-35)58-24-38-25-59-44(61-38,26-53-28-48-27-49-53)39-17-8-33(45)23-40(39)46/h3-17,23,27-31,38,41H,18-22,24-26,47H2,1-2H3/t30-,31?,38-,41-,44-/m0/s1. The highest BCUT2D eigenvalue weighted by molar-refractivity contribution is 5.76. The average Bonchev–Trinajstić information content (AvgIpc) is 4.04. The summed E-state index contributed by atoms with van der Waals surface area (Å²) >= 11 is 0. The van der Waals surface area contributed by atoms with Gasteiger partial charge in [-0.2, -0.15) is 10.2 Å². The lowest BCUT2D eigenvalue weighted by atomic mass is 10.0. The molecule has 0 bridgehead atoms. The Bertz CT molecular complexity index is 2440. The third kappa shape index (κ3) is 9.33. The first-order valence-electron chi connectivity index (χ1n) is 20.1. The third-order valence-corrected chi connectivity index (χ3v) is 11.1. The number of hydrogen-bond donors (Lipinski definition) is 1. The van der Waals surface area contributed by atoms with Gasteiger partial charge in [0, 0.05) is 49.2 Å². The van der Waals surface area contributed by atoms with Gasteiger partial charge < -0.3 is 34.5 Å². The smallest absolute Gasteiger partial charge is 0.350 e. The van der Waals surface area contributed by atoms with Crippen LogP contribution in [0.2, 0.25) is 0 Å². The van der Waals surface area contributed by atoms with Crippen LogP contribution in [-0.2, 0) is 37.8 Å². The van der Waals surface area contributed by atoms with Crippen LogP contribution in [0.15, 0.2) is 121 Å². The molecule has 2 aliphatic heterocycles. The number of esters is 1. The maximum atomic E-state index is 14.9. The van der Waals surface area contributed by atoms with E-state index in [2.05, 4.69) is 25.0 Å². The van der Waals surface area contributed by atoms with Crippen LogP contribution in [0, 0.1) is 11.6 Å². The Morgan fingerprint density at radius 1 is 0.885 bits per heavy atom. The first kappa shape index (κ1) is 41.3. The van der Waals surface area contributed by atoms with Crippen LogP contribution in [-0.4, -0.2) is 92.7 Å². The predicted molar refractivity (Wildman–Crippen MR) is 221 cm³/mol. The van der Waals surface area contributed by atoms with Crippen molar-refractivity contribution < 1.29 is 32.5 Å². The van der Waals surface area contributed by atoms with Gasteiger partial charge >= 0.3 is 11.7 Å². The van der Waals surface area contributed by atoms with Crippen molar-refractivity contribution in [2.24, 2.45) is 5.73 Å². The molecular weight excluding hydrogens is 789 g/mol. The third-order valence-electron chi connectivity index (χ3n) is 11.1. The number of anilines is 2. The molecule has 0 aliphatic carbocycles. The number of nitrogens with zero attached hydrogens (tertiary/aromatic N) is 8. The molecule has 17 heteroatoms. The number of rotatable bonds is 15. The number of hydrogen-bond acceptors (Lipinski definition) is 12. The van der Waals surface area contributed by atoms with E-state index in [4.69, 9.17) is 24.7 Å². The normalized spacial score (nSPS) is 19.4. The minimum absolute atomic E-state index is 0.0156. The molecule has 5 atom stereocenters. The molecule has 4 aromatic carbocycles. The topological polar surface area (TPSA) is 157 Å². The summed E-state index contributed by atoms with van der Waals surface area (Å²) in [6, 6.07) is 27.0. The molecule has 318 valence electrons. The van der Waals surface area contributed by atoms with Crippen LogP contribution in [0.25, 0.3) is 5.69 Å². The molecular formula is C44H47F2N9O6. The second kappa shape index (κ2) is 18.0. The lowest BCUT2D eigenvalue weighted by molar-refractivity contribution is -0.192. The summed E-state index contributed by atoms with van der Waals surface area (Å²) in [6.45, 7) is 6.99. The maximum Gasteiger partial charge on any atom is 0.350 e. The van der Waals surface area contributed by atoms with E-state index in [1.54, 1.807) is 13.8 Å². The minimum Gasteiger partial charge on any atom is -0.491 e. The van der Waals surface area contributed by atoms with Gasteiger partial charge in [0.15, 0.2) is 0 Å². The summed E-state index contributed by atoms with van der Waals surface area (Å²) in [5.41, 5.74) is 9.54. The fourth-order valence-electron chi connectivity index (χ4n) is 7.56. The van der Waals surface area contributed by atoms with E-state index in [0.717, 1.165) is 49.2 Å². The molecule has 8 rings (SSSR count). The summed E-state index contributed by atoms with van der Waals surface area (Å²) in [6.07, 6.45) is 3.49. The summed E-state index contributed by atoms with van der Waals surface area (Å²) in [5, 5.41) is 8.44. The van der Waals surface area contributed by atoms with Crippen LogP contribution < -0.4 is 26.0 Å². The number of piperazine rings is 1. The van der Waals surface area contributed by atoms with E-state index in [9.17, 15) is 18.4 Å². The van der Waals surface area contributed by atoms with Crippen molar-refractivity contribution in [1.82, 2.24) is 29.1 Å². The van der Waals surface area contributed by atoms with Gasteiger partial charge in [-0.3, -0.25) is 4.79 Å². The first-order valence-corrected chi connectivity index (χ1v) is 20.1. The van der Waals surface area contributed by atoms with Gasteiger partial charge in [0.05, 0.1) is 18.3 Å². The van der Waals surface area contributed by atoms with E-state index >= 15 is 0 Å². The molecule has 4 heterocycles. The molecule has 2 aliphatic rings. The Balaban J connectivity index is 0.813. The Kier molecular flexibility index (Phi) is 12.2. The molecule has 2 saturated heterocycles. The predicted octanol–water partition coefficient (Wildman–Crippen LogP) is 4.64. The van der Waals surface area contributed by atoms with E-state index in [1.807, 2.05) is 78.9 Å². The van der Waals surface area contributed by atoms with E-state index in [1.165, 1.54) is 45.0 Å². The number of aromatic nitrogens is 6. The Morgan fingerprint density at radius 3 is 2.21 bits per heavy atom. The van der Waals surface area contributed by atoms with Crippen LogP contribution >= 0.6 is 0 Å². The van der Waals surface area contributed by atoms with Crippen molar-refractivity contribution in [3.8, 4) is 11.4 Å². The SMILES string of the molecule is CC(OC(=O)[C@@H](N)Cc1ccccc1)[C@H](C)n1ncn(-c2ccc(N3CCN(c4ccc(OC[C@H]5CO[C@](Cn6cncn6)(c6ccc(F)cc6F)O5)cc4)CC3)cc2)c1=O. The van der Waals surface area contributed by atoms with E-state index in [-0.39, 0.29) is 31.0 Å². The van der Waals surface area contributed by atoms with Crippen molar-refractivity contribution in [2.75, 3.05) is 49.2 Å². The van der Waals surface area contributed by atoms with Gasteiger partial charge in [0.25, 0.3) is 0 Å². The number of nitrogens with two attached hydrogens (primary N) is 1. The van der Waals surface area contributed by atoms with Crippen molar-refractivity contribution in [3.63, 3.8) is 0 Å². The number of ether oxygens (including phenoxy) is 4. The van der Waals surface area contributed by atoms with Crippen LogP contribution in [0.1, 0.15) is 31.0 Å². The molecule has 0 saturated carbocycles. The van der Waals surface area contributed by atoms with Crippen molar-refractivity contribution in [1.29, 1.82) is 0 Å². The van der Waals surface area contributed by atoms with Gasteiger partial charge in [0.1, 0.15) is 67.8 Å². The molecule has 0 amide bonds. The zero-order chi connectivity index (χ0) is 42.5. The van der Waals surface area contributed by atoms with Gasteiger partial charge in [-0.15, -0.1) is 0 Å². The fourth-order valence-corrected chi connectivity index (χ4v) is 7.56. The lowest BCUT2D eigenvalue weighted by Gasteiger charge is -2.37. The minimum atomic E-state index is -1.53. The molecule has 1 unspecified atom stereocenters. The van der Waals surface area contributed by atoms with Crippen molar-refractivity contribution >= 4 is 17.3 Å². The van der Waals surface area contributed by atoms with Gasteiger partial charge in [0.2, 0.25) is 5.79 Å². The van der Waals surface area contributed by atoms with E-state index < -0.39 is 47.7 Å². The second-order valence-electron chi connectivity index (χ2n) is 15.2. The average molecular weight is 836 g/mol. The maximum absolute atomic E-state index is 14.9.